The van der Waals surface area contributed by atoms with Crippen LogP contribution in [0.25, 0.3) is 11.1 Å². The minimum absolute atomic E-state index is 0.0582. The Bertz CT molecular complexity index is 649. The highest BCUT2D eigenvalue weighted by molar-refractivity contribution is 6.00. The van der Waals surface area contributed by atoms with E-state index < -0.39 is 5.76 Å². The van der Waals surface area contributed by atoms with E-state index in [4.69, 9.17) is 4.42 Å². The van der Waals surface area contributed by atoms with Gasteiger partial charge in [-0.05, 0) is 18.2 Å². The summed E-state index contributed by atoms with van der Waals surface area (Å²) in [5, 5.41) is 3.06. The van der Waals surface area contributed by atoms with Gasteiger partial charge in [0, 0.05) is 31.6 Å². The Morgan fingerprint density at radius 3 is 2.88 bits per heavy atom. The zero-order valence-corrected chi connectivity index (χ0v) is 9.40. The number of carbonyl (C=O) groups excluding carboxylic acids is 1. The Morgan fingerprint density at radius 2 is 2.24 bits per heavy atom. The summed E-state index contributed by atoms with van der Waals surface area (Å²) >= 11 is 0. The summed E-state index contributed by atoms with van der Waals surface area (Å²) in [4.78, 5) is 23.3. The summed E-state index contributed by atoms with van der Waals surface area (Å²) in [6, 6.07) is 5.15. The van der Waals surface area contributed by atoms with E-state index in [2.05, 4.69) is 5.32 Å². The number of aromatic nitrogens is 1. The molecule has 0 amide bonds. The molecule has 88 valence electrons. The lowest BCUT2D eigenvalue weighted by molar-refractivity contribution is 0.0878. The van der Waals surface area contributed by atoms with E-state index in [-0.39, 0.29) is 11.7 Å². The van der Waals surface area contributed by atoms with Crippen molar-refractivity contribution < 1.29 is 9.21 Å². The zero-order chi connectivity index (χ0) is 12.0. The van der Waals surface area contributed by atoms with E-state index in [1.165, 1.54) is 4.57 Å². The van der Waals surface area contributed by atoms with Gasteiger partial charge in [-0.3, -0.25) is 9.36 Å². The van der Waals surface area contributed by atoms with E-state index in [9.17, 15) is 9.59 Å². The Morgan fingerprint density at radius 1 is 1.47 bits per heavy atom. The molecule has 5 heteroatoms. The lowest BCUT2D eigenvalue weighted by Gasteiger charge is -2.25. The second-order valence-electron chi connectivity index (χ2n) is 4.33. The van der Waals surface area contributed by atoms with E-state index in [0.717, 1.165) is 13.1 Å². The van der Waals surface area contributed by atoms with Gasteiger partial charge in [0.1, 0.15) is 0 Å². The predicted molar refractivity (Wildman–Crippen MR) is 62.1 cm³/mol. The van der Waals surface area contributed by atoms with Gasteiger partial charge in [-0.25, -0.2) is 4.79 Å². The van der Waals surface area contributed by atoms with Crippen molar-refractivity contribution in [2.45, 2.75) is 0 Å². The lowest BCUT2D eigenvalue weighted by atomic mass is 9.93. The average Bonchev–Trinajstić information content (AvgIpc) is 2.52. The molecule has 2 heterocycles. The highest BCUT2D eigenvalue weighted by atomic mass is 16.4. The molecule has 0 atom stereocenters. The van der Waals surface area contributed by atoms with Crippen LogP contribution in [0.4, 0.5) is 0 Å². The van der Waals surface area contributed by atoms with Gasteiger partial charge < -0.3 is 9.73 Å². The van der Waals surface area contributed by atoms with Crippen molar-refractivity contribution in [2.75, 3.05) is 13.1 Å². The maximum atomic E-state index is 12.0. The monoisotopic (exact) mass is 232 g/mol. The van der Waals surface area contributed by atoms with Gasteiger partial charge in [-0.2, -0.15) is 0 Å². The first-order valence-corrected chi connectivity index (χ1v) is 5.51. The molecule has 0 bridgehead atoms. The molecular weight excluding hydrogens is 220 g/mol. The molecule has 0 unspecified atom stereocenters. The van der Waals surface area contributed by atoms with Crippen molar-refractivity contribution in [1.29, 1.82) is 0 Å². The SMILES string of the molecule is Cn1c(=O)oc2cc(C(=O)C3CNC3)ccc21. The first-order valence-electron chi connectivity index (χ1n) is 5.51. The molecule has 0 aliphatic carbocycles. The van der Waals surface area contributed by atoms with Crippen molar-refractivity contribution in [3.63, 3.8) is 0 Å². The standard InChI is InChI=1S/C12H12N2O3/c1-14-9-3-2-7(4-10(9)17-12(14)16)11(15)8-5-13-6-8/h2-4,8,13H,5-6H2,1H3. The summed E-state index contributed by atoms with van der Waals surface area (Å²) in [6.07, 6.45) is 0. The van der Waals surface area contributed by atoms with Crippen molar-refractivity contribution in [1.82, 2.24) is 9.88 Å². The molecule has 1 aromatic heterocycles. The number of nitrogens with zero attached hydrogens (tertiary/aromatic N) is 1. The topological polar surface area (TPSA) is 64.2 Å². The van der Waals surface area contributed by atoms with Crippen molar-refractivity contribution in [3.05, 3.63) is 34.3 Å². The van der Waals surface area contributed by atoms with Crippen LogP contribution in [0.5, 0.6) is 0 Å². The third-order valence-corrected chi connectivity index (χ3v) is 3.23. The van der Waals surface area contributed by atoms with Gasteiger partial charge in [0.05, 0.1) is 5.52 Å². The minimum Gasteiger partial charge on any atom is -0.408 e. The van der Waals surface area contributed by atoms with Gasteiger partial charge in [0.25, 0.3) is 0 Å². The van der Waals surface area contributed by atoms with Crippen LogP contribution >= 0.6 is 0 Å². The predicted octanol–water partition coefficient (Wildman–Crippen LogP) is 0.534. The first kappa shape index (κ1) is 10.3. The van der Waals surface area contributed by atoms with Crippen LogP contribution < -0.4 is 11.1 Å². The number of rotatable bonds is 2. The maximum absolute atomic E-state index is 12.0. The number of fused-ring (bicyclic) bond motifs is 1. The van der Waals surface area contributed by atoms with Crippen molar-refractivity contribution in [2.24, 2.45) is 13.0 Å². The fourth-order valence-electron chi connectivity index (χ4n) is 2.00. The molecule has 1 aliphatic heterocycles. The minimum atomic E-state index is -0.407. The second kappa shape index (κ2) is 3.56. The van der Waals surface area contributed by atoms with E-state index >= 15 is 0 Å². The van der Waals surface area contributed by atoms with Crippen LogP contribution in [0, 0.1) is 5.92 Å². The largest absolute Gasteiger partial charge is 0.419 e. The number of nitrogens with one attached hydrogen (secondary N) is 1. The highest BCUT2D eigenvalue weighted by Gasteiger charge is 2.26. The summed E-state index contributed by atoms with van der Waals surface area (Å²) in [7, 11) is 1.64. The number of hydrogen-bond donors (Lipinski definition) is 1. The number of oxazole rings is 1. The van der Waals surface area contributed by atoms with Crippen LogP contribution in [0.1, 0.15) is 10.4 Å². The van der Waals surface area contributed by atoms with Gasteiger partial charge in [0.2, 0.25) is 0 Å². The summed E-state index contributed by atoms with van der Waals surface area (Å²) in [6.45, 7) is 1.46. The number of ketones is 1. The zero-order valence-electron chi connectivity index (χ0n) is 9.40. The van der Waals surface area contributed by atoms with Crippen LogP contribution in [0.15, 0.2) is 27.4 Å². The van der Waals surface area contributed by atoms with Crippen LogP contribution in [-0.4, -0.2) is 23.4 Å². The molecule has 1 saturated heterocycles. The molecular formula is C12H12N2O3. The Balaban J connectivity index is 2.07. The molecule has 1 N–H and O–H groups in total. The van der Waals surface area contributed by atoms with Crippen molar-refractivity contribution in [3.8, 4) is 0 Å². The summed E-state index contributed by atoms with van der Waals surface area (Å²) < 4.78 is 6.49. The number of aryl methyl sites for hydroxylation is 1. The molecule has 17 heavy (non-hydrogen) atoms. The van der Waals surface area contributed by atoms with E-state index in [1.807, 2.05) is 0 Å². The number of hydrogen-bond acceptors (Lipinski definition) is 4. The van der Waals surface area contributed by atoms with Crippen LogP contribution in [0.2, 0.25) is 0 Å². The third kappa shape index (κ3) is 1.51. The third-order valence-electron chi connectivity index (χ3n) is 3.23. The highest BCUT2D eigenvalue weighted by Crippen LogP contribution is 2.18. The smallest absolute Gasteiger partial charge is 0.408 e. The van der Waals surface area contributed by atoms with Gasteiger partial charge >= 0.3 is 5.76 Å². The number of benzene rings is 1. The Labute approximate surface area is 97.0 Å². The summed E-state index contributed by atoms with van der Waals surface area (Å²) in [5.74, 6) is -0.241. The molecule has 5 nitrogen and oxygen atoms in total. The maximum Gasteiger partial charge on any atom is 0.419 e. The van der Waals surface area contributed by atoms with Crippen LogP contribution in [0.3, 0.4) is 0 Å². The van der Waals surface area contributed by atoms with E-state index in [1.54, 1.807) is 25.2 Å². The fraction of sp³-hybridized carbons (Fsp3) is 0.333. The average molecular weight is 232 g/mol. The molecule has 1 aliphatic rings. The van der Waals surface area contributed by atoms with Gasteiger partial charge in [-0.1, -0.05) is 0 Å². The molecule has 1 fully saturated rings. The molecule has 2 aromatic rings. The molecule has 0 saturated carbocycles. The van der Waals surface area contributed by atoms with E-state index in [0.29, 0.717) is 16.7 Å². The van der Waals surface area contributed by atoms with Gasteiger partial charge in [-0.15, -0.1) is 0 Å². The first-order chi connectivity index (χ1) is 8.16. The normalized spacial score (nSPS) is 16.1. The Hall–Kier alpha value is -1.88. The van der Waals surface area contributed by atoms with Gasteiger partial charge in [0.15, 0.2) is 11.4 Å². The Kier molecular flexibility index (Phi) is 2.16. The lowest BCUT2D eigenvalue weighted by Crippen LogP contribution is -2.46. The number of carbonyl (C=O) groups is 1. The second-order valence-corrected chi connectivity index (χ2v) is 4.33. The fourth-order valence-corrected chi connectivity index (χ4v) is 2.00. The molecule has 0 radical (unpaired) electrons. The molecule has 0 spiro atoms. The van der Waals surface area contributed by atoms with Crippen molar-refractivity contribution >= 4 is 16.9 Å². The quantitative estimate of drug-likeness (QED) is 0.767. The van der Waals surface area contributed by atoms with Crippen LogP contribution in [-0.2, 0) is 7.05 Å². The summed E-state index contributed by atoms with van der Waals surface area (Å²) in [5.41, 5.74) is 1.78. The number of Topliss-reactive ketones (excluding diaryl/α,β-unsaturated/α-hetero) is 1. The molecule has 3 rings (SSSR count). The molecule has 1 aromatic carbocycles.